The van der Waals surface area contributed by atoms with E-state index >= 15 is 0 Å². The van der Waals surface area contributed by atoms with Crippen molar-refractivity contribution < 1.29 is 4.79 Å². The van der Waals surface area contributed by atoms with Crippen LogP contribution in [0.15, 0.2) is 30.3 Å². The van der Waals surface area contributed by atoms with Crippen LogP contribution >= 0.6 is 30.0 Å². The molecule has 2 nitrogen and oxygen atoms in total. The molecular formula is C9H10Cl3GeNO. The van der Waals surface area contributed by atoms with E-state index in [2.05, 4.69) is 0 Å². The standard InChI is InChI=1S/C9H10Cl3GeNO/c10-13(11,12)8(6-9(14)15)7-4-2-1-3-5-7/h1-5,8H,6H2,(H2,14,15). The Hall–Kier alpha value is 0.103. The topological polar surface area (TPSA) is 43.1 Å². The maximum absolute atomic E-state index is 10.9. The fraction of sp³-hybridized carbons (Fsp3) is 0.222. The van der Waals surface area contributed by atoms with E-state index in [1.54, 1.807) is 0 Å². The molecule has 1 rings (SSSR count). The monoisotopic (exact) mass is 327 g/mol. The van der Waals surface area contributed by atoms with E-state index in [-0.39, 0.29) is 11.2 Å². The van der Waals surface area contributed by atoms with Crippen molar-refractivity contribution in [2.45, 2.75) is 11.2 Å². The van der Waals surface area contributed by atoms with E-state index < -0.39 is 16.4 Å². The number of carbonyl (C=O) groups excluding carboxylic acids is 1. The molecule has 0 aliphatic heterocycles. The average Bonchev–Trinajstić information content (AvgIpc) is 2.14. The second kappa shape index (κ2) is 5.44. The van der Waals surface area contributed by atoms with Gasteiger partial charge in [0.2, 0.25) is 0 Å². The Balaban J connectivity index is 2.97. The van der Waals surface area contributed by atoms with Crippen molar-refractivity contribution in [1.82, 2.24) is 0 Å². The molecule has 0 radical (unpaired) electrons. The summed E-state index contributed by atoms with van der Waals surface area (Å²) >= 11 is 0. The molecule has 15 heavy (non-hydrogen) atoms. The van der Waals surface area contributed by atoms with E-state index in [9.17, 15) is 4.79 Å². The second-order valence-electron chi connectivity index (χ2n) is 3.18. The Labute approximate surface area is 104 Å². The first-order valence-electron chi connectivity index (χ1n) is 4.31. The minimum atomic E-state index is -3.48. The Morgan fingerprint density at radius 2 is 1.80 bits per heavy atom. The molecule has 1 aromatic carbocycles. The summed E-state index contributed by atoms with van der Waals surface area (Å²) in [6, 6.07) is 9.27. The van der Waals surface area contributed by atoms with Crippen molar-refractivity contribution in [3.05, 3.63) is 35.9 Å². The van der Waals surface area contributed by atoms with Gasteiger partial charge in [-0.1, -0.05) is 0 Å². The van der Waals surface area contributed by atoms with Crippen molar-refractivity contribution in [1.29, 1.82) is 0 Å². The third-order valence-electron chi connectivity index (χ3n) is 2.00. The zero-order valence-electron chi connectivity index (χ0n) is 7.79. The molecule has 0 aliphatic carbocycles. The maximum atomic E-state index is 10.9. The van der Waals surface area contributed by atoms with Crippen LogP contribution in [0.1, 0.15) is 16.7 Å². The second-order valence-corrected chi connectivity index (χ2v) is 19.2. The molecule has 0 fully saturated rings. The number of benzene rings is 1. The van der Waals surface area contributed by atoms with Crippen molar-refractivity contribution >= 4 is 46.4 Å². The number of carbonyl (C=O) groups is 1. The summed E-state index contributed by atoms with van der Waals surface area (Å²) in [6.45, 7) is 0. The number of hydrogen-bond acceptors (Lipinski definition) is 1. The molecule has 1 aromatic rings. The van der Waals surface area contributed by atoms with Gasteiger partial charge < -0.3 is 0 Å². The molecule has 0 bridgehead atoms. The molecule has 0 aromatic heterocycles. The summed E-state index contributed by atoms with van der Waals surface area (Å²) in [7, 11) is 14.5. The third-order valence-corrected chi connectivity index (χ3v) is 8.89. The summed E-state index contributed by atoms with van der Waals surface area (Å²) in [5.41, 5.74) is 6.01. The fourth-order valence-corrected chi connectivity index (χ4v) is 6.58. The van der Waals surface area contributed by atoms with E-state index in [0.717, 1.165) is 5.56 Å². The van der Waals surface area contributed by atoms with Crippen LogP contribution in [-0.4, -0.2) is 16.4 Å². The van der Waals surface area contributed by atoms with Crippen LogP contribution in [0.5, 0.6) is 0 Å². The molecule has 0 aliphatic rings. The first-order chi connectivity index (χ1) is 6.91. The fourth-order valence-electron chi connectivity index (χ4n) is 1.31. The summed E-state index contributed by atoms with van der Waals surface area (Å²) < 4.78 is -0.325. The van der Waals surface area contributed by atoms with Gasteiger partial charge in [0.1, 0.15) is 0 Å². The number of hydrogen-bond donors (Lipinski definition) is 1. The molecule has 0 saturated carbocycles. The van der Waals surface area contributed by atoms with Crippen LogP contribution in [0.25, 0.3) is 0 Å². The van der Waals surface area contributed by atoms with Crippen LogP contribution < -0.4 is 5.73 Å². The van der Waals surface area contributed by atoms with Gasteiger partial charge in [-0.15, -0.1) is 0 Å². The van der Waals surface area contributed by atoms with Crippen LogP contribution in [-0.2, 0) is 4.79 Å². The zero-order valence-corrected chi connectivity index (χ0v) is 12.2. The third kappa shape index (κ3) is 4.23. The SMILES string of the molecule is NC(=O)C[CH](c1ccccc1)[Ge]([Cl])([Cl])[Cl]. The zero-order chi connectivity index (χ0) is 11.5. The molecule has 0 saturated heterocycles. The summed E-state index contributed by atoms with van der Waals surface area (Å²) in [6.07, 6.45) is 0.0977. The van der Waals surface area contributed by atoms with Gasteiger partial charge in [0.05, 0.1) is 0 Å². The van der Waals surface area contributed by atoms with Gasteiger partial charge in [0, 0.05) is 0 Å². The van der Waals surface area contributed by atoms with E-state index in [0.29, 0.717) is 0 Å². The predicted octanol–water partition coefficient (Wildman–Crippen LogP) is 2.84. The van der Waals surface area contributed by atoms with Crippen LogP contribution in [0.2, 0.25) is 0 Å². The normalized spacial score (nSPS) is 13.5. The number of amides is 1. The Morgan fingerprint density at radius 1 is 1.27 bits per heavy atom. The molecule has 82 valence electrons. The Morgan fingerprint density at radius 3 is 2.20 bits per heavy atom. The van der Waals surface area contributed by atoms with Crippen molar-refractivity contribution in [3.63, 3.8) is 0 Å². The molecular weight excluding hydrogens is 317 g/mol. The minimum absolute atomic E-state index is 0.0977. The van der Waals surface area contributed by atoms with Crippen LogP contribution in [0, 0.1) is 0 Å². The summed E-state index contributed by atoms with van der Waals surface area (Å²) in [5.74, 6) is -0.444. The van der Waals surface area contributed by atoms with Crippen LogP contribution in [0.4, 0.5) is 0 Å². The molecule has 1 unspecified atom stereocenters. The van der Waals surface area contributed by atoms with Gasteiger partial charge in [-0.05, 0) is 0 Å². The summed E-state index contributed by atoms with van der Waals surface area (Å²) in [4.78, 5) is 10.9. The molecule has 0 spiro atoms. The molecule has 2 N–H and O–H groups in total. The van der Waals surface area contributed by atoms with E-state index in [1.807, 2.05) is 30.3 Å². The molecule has 1 atom stereocenters. The van der Waals surface area contributed by atoms with Gasteiger partial charge in [-0.2, -0.15) is 0 Å². The van der Waals surface area contributed by atoms with Crippen LogP contribution in [0.3, 0.4) is 0 Å². The van der Waals surface area contributed by atoms with Gasteiger partial charge in [-0.3, -0.25) is 0 Å². The Bertz CT molecular complexity index is 339. The molecule has 1 amide bonds. The van der Waals surface area contributed by atoms with Crippen molar-refractivity contribution in [3.8, 4) is 0 Å². The number of nitrogens with two attached hydrogens (primary N) is 1. The van der Waals surface area contributed by atoms with E-state index in [4.69, 9.17) is 35.8 Å². The quantitative estimate of drug-likeness (QED) is 0.849. The van der Waals surface area contributed by atoms with Crippen molar-refractivity contribution in [2.24, 2.45) is 5.73 Å². The summed E-state index contributed by atoms with van der Waals surface area (Å²) in [5, 5.41) is 0. The molecule has 0 heterocycles. The average molecular weight is 327 g/mol. The van der Waals surface area contributed by atoms with Crippen molar-refractivity contribution in [2.75, 3.05) is 0 Å². The van der Waals surface area contributed by atoms with Gasteiger partial charge in [-0.25, -0.2) is 0 Å². The molecule has 6 heteroatoms. The number of rotatable bonds is 4. The number of halogens is 3. The van der Waals surface area contributed by atoms with Gasteiger partial charge in [0.25, 0.3) is 0 Å². The van der Waals surface area contributed by atoms with Gasteiger partial charge in [0.15, 0.2) is 0 Å². The first kappa shape index (κ1) is 13.2. The number of primary amides is 1. The van der Waals surface area contributed by atoms with E-state index in [1.165, 1.54) is 0 Å². The first-order valence-corrected chi connectivity index (χ1v) is 13.8. The van der Waals surface area contributed by atoms with Gasteiger partial charge >= 0.3 is 104 Å². The predicted molar refractivity (Wildman–Crippen MR) is 66.3 cm³/mol. The Kier molecular flexibility index (Phi) is 4.77.